The summed E-state index contributed by atoms with van der Waals surface area (Å²) in [5, 5.41) is 20.7. The highest BCUT2D eigenvalue weighted by Crippen LogP contribution is 2.26. The molecule has 0 aliphatic carbocycles. The Labute approximate surface area is 106 Å². The van der Waals surface area contributed by atoms with Crippen LogP contribution < -0.4 is 4.73 Å². The van der Waals surface area contributed by atoms with Crippen molar-refractivity contribution in [2.75, 3.05) is 0 Å². The van der Waals surface area contributed by atoms with Gasteiger partial charge in [0.05, 0.1) is 10.6 Å². The lowest BCUT2D eigenvalue weighted by molar-refractivity contribution is -0.596. The largest absolute Gasteiger partial charge is 0.618 e. The fourth-order valence-electron chi connectivity index (χ4n) is 1.55. The predicted molar refractivity (Wildman–Crippen MR) is 62.8 cm³/mol. The summed E-state index contributed by atoms with van der Waals surface area (Å²) in [7, 11) is 0. The maximum Gasteiger partial charge on any atom is 0.402 e. The standard InChI is InChI=1S/C12H7ClFNO3/c13-9-6-7(14)4-5-8(9)10-2-1-3-11(12(16)17)15(10)18/h1-6H,(H,16,17). The zero-order valence-corrected chi connectivity index (χ0v) is 9.69. The third-order valence-electron chi connectivity index (χ3n) is 2.37. The van der Waals surface area contributed by atoms with E-state index in [1.54, 1.807) is 0 Å². The molecule has 0 unspecified atom stereocenters. The van der Waals surface area contributed by atoms with Crippen LogP contribution in [0.4, 0.5) is 4.39 Å². The Hall–Kier alpha value is -2.14. The van der Waals surface area contributed by atoms with Gasteiger partial charge in [-0.2, -0.15) is 4.73 Å². The van der Waals surface area contributed by atoms with Crippen LogP contribution in [0.2, 0.25) is 5.02 Å². The SMILES string of the molecule is O=C(O)c1cccc(-c2ccc(F)cc2Cl)[n+]1[O-]. The molecule has 0 fully saturated rings. The van der Waals surface area contributed by atoms with E-state index in [1.807, 2.05) is 0 Å². The number of aromatic carboxylic acids is 1. The fraction of sp³-hybridized carbons (Fsp3) is 0. The van der Waals surface area contributed by atoms with Crippen LogP contribution in [0, 0.1) is 11.0 Å². The first-order chi connectivity index (χ1) is 8.50. The summed E-state index contributed by atoms with van der Waals surface area (Å²) >= 11 is 5.83. The summed E-state index contributed by atoms with van der Waals surface area (Å²) < 4.78 is 13.2. The number of rotatable bonds is 2. The second-order valence-electron chi connectivity index (χ2n) is 3.52. The van der Waals surface area contributed by atoms with Crippen LogP contribution in [0.25, 0.3) is 11.3 Å². The van der Waals surface area contributed by atoms with E-state index in [1.165, 1.54) is 24.3 Å². The molecule has 1 heterocycles. The molecule has 2 aromatic rings. The molecule has 6 heteroatoms. The minimum Gasteiger partial charge on any atom is -0.618 e. The van der Waals surface area contributed by atoms with E-state index in [2.05, 4.69) is 0 Å². The second-order valence-corrected chi connectivity index (χ2v) is 3.93. The molecule has 0 spiro atoms. The zero-order chi connectivity index (χ0) is 13.3. The number of carboxylic acid groups (broad SMARTS) is 1. The fourth-order valence-corrected chi connectivity index (χ4v) is 1.81. The van der Waals surface area contributed by atoms with Crippen LogP contribution in [0.5, 0.6) is 0 Å². The predicted octanol–water partition coefficient (Wildman–Crippen LogP) is 2.48. The highest BCUT2D eigenvalue weighted by atomic mass is 35.5. The maximum atomic E-state index is 12.9. The number of nitrogens with zero attached hydrogens (tertiary/aromatic N) is 1. The van der Waals surface area contributed by atoms with Crippen LogP contribution in [-0.2, 0) is 0 Å². The van der Waals surface area contributed by atoms with Crippen molar-refractivity contribution in [3.8, 4) is 11.3 Å². The van der Waals surface area contributed by atoms with E-state index < -0.39 is 17.5 Å². The van der Waals surface area contributed by atoms with E-state index in [0.717, 1.165) is 12.1 Å². The van der Waals surface area contributed by atoms with Gasteiger partial charge in [-0.05, 0) is 24.3 Å². The lowest BCUT2D eigenvalue weighted by Crippen LogP contribution is -2.36. The number of hydrogen-bond donors (Lipinski definition) is 1. The molecule has 4 nitrogen and oxygen atoms in total. The van der Waals surface area contributed by atoms with E-state index in [4.69, 9.17) is 16.7 Å². The topological polar surface area (TPSA) is 64.2 Å². The van der Waals surface area contributed by atoms with Gasteiger partial charge in [-0.3, -0.25) is 0 Å². The van der Waals surface area contributed by atoms with Crippen molar-refractivity contribution in [3.05, 3.63) is 58.1 Å². The van der Waals surface area contributed by atoms with E-state index in [9.17, 15) is 14.4 Å². The van der Waals surface area contributed by atoms with Crippen LogP contribution in [0.3, 0.4) is 0 Å². The van der Waals surface area contributed by atoms with Crippen molar-refractivity contribution < 1.29 is 19.0 Å². The molecule has 1 N–H and O–H groups in total. The van der Waals surface area contributed by atoms with Crippen LogP contribution in [0.1, 0.15) is 10.5 Å². The van der Waals surface area contributed by atoms with Crippen molar-refractivity contribution in [1.82, 2.24) is 0 Å². The van der Waals surface area contributed by atoms with Crippen LogP contribution in [-0.4, -0.2) is 11.1 Å². The van der Waals surface area contributed by atoms with Crippen molar-refractivity contribution >= 4 is 17.6 Å². The Morgan fingerprint density at radius 2 is 2.06 bits per heavy atom. The lowest BCUT2D eigenvalue weighted by Gasteiger charge is -2.08. The summed E-state index contributed by atoms with van der Waals surface area (Å²) in [6, 6.07) is 7.55. The molecular weight excluding hydrogens is 261 g/mol. The molecule has 18 heavy (non-hydrogen) atoms. The van der Waals surface area contributed by atoms with Crippen molar-refractivity contribution in [1.29, 1.82) is 0 Å². The Kier molecular flexibility index (Phi) is 3.16. The van der Waals surface area contributed by atoms with Gasteiger partial charge in [-0.1, -0.05) is 11.6 Å². The van der Waals surface area contributed by atoms with E-state index in [-0.39, 0.29) is 21.0 Å². The van der Waals surface area contributed by atoms with Crippen molar-refractivity contribution in [2.45, 2.75) is 0 Å². The monoisotopic (exact) mass is 267 g/mol. The highest BCUT2D eigenvalue weighted by molar-refractivity contribution is 6.33. The van der Waals surface area contributed by atoms with Gasteiger partial charge in [0.25, 0.3) is 0 Å². The minimum absolute atomic E-state index is 0.0436. The first-order valence-electron chi connectivity index (χ1n) is 4.92. The smallest absolute Gasteiger partial charge is 0.402 e. The van der Waals surface area contributed by atoms with E-state index >= 15 is 0 Å². The minimum atomic E-state index is -1.34. The number of carboxylic acids is 1. The maximum absolute atomic E-state index is 12.9. The second kappa shape index (κ2) is 4.62. The summed E-state index contributed by atoms with van der Waals surface area (Å²) in [6.45, 7) is 0. The Balaban J connectivity index is 2.64. The third kappa shape index (κ3) is 2.12. The van der Waals surface area contributed by atoms with Gasteiger partial charge in [0.1, 0.15) is 5.82 Å². The van der Waals surface area contributed by atoms with Crippen LogP contribution >= 0.6 is 11.6 Å². The Morgan fingerprint density at radius 1 is 1.33 bits per heavy atom. The van der Waals surface area contributed by atoms with Gasteiger partial charge >= 0.3 is 11.7 Å². The van der Waals surface area contributed by atoms with Gasteiger partial charge in [0, 0.05) is 12.1 Å². The first-order valence-corrected chi connectivity index (χ1v) is 5.30. The molecule has 92 valence electrons. The molecular formula is C12H7ClFNO3. The number of hydrogen-bond acceptors (Lipinski definition) is 2. The average Bonchev–Trinajstić information content (AvgIpc) is 2.30. The molecule has 0 saturated heterocycles. The molecule has 0 aliphatic heterocycles. The number of aromatic nitrogens is 1. The third-order valence-corrected chi connectivity index (χ3v) is 2.68. The van der Waals surface area contributed by atoms with Gasteiger partial charge in [0.15, 0.2) is 0 Å². The van der Waals surface area contributed by atoms with Gasteiger partial charge in [-0.15, -0.1) is 0 Å². The molecule has 0 saturated carbocycles. The van der Waals surface area contributed by atoms with Gasteiger partial charge < -0.3 is 10.3 Å². The summed E-state index contributed by atoms with van der Waals surface area (Å²) in [5.41, 5.74) is -0.0936. The molecule has 0 amide bonds. The number of benzene rings is 1. The molecule has 2 rings (SSSR count). The van der Waals surface area contributed by atoms with Gasteiger partial charge in [0.2, 0.25) is 5.69 Å². The van der Waals surface area contributed by atoms with Crippen molar-refractivity contribution in [3.63, 3.8) is 0 Å². The Morgan fingerprint density at radius 3 is 2.67 bits per heavy atom. The highest BCUT2D eigenvalue weighted by Gasteiger charge is 2.20. The summed E-state index contributed by atoms with van der Waals surface area (Å²) in [5.74, 6) is -1.87. The number of carbonyl (C=O) groups is 1. The molecule has 0 radical (unpaired) electrons. The molecule has 1 aromatic carbocycles. The average molecular weight is 268 g/mol. The number of halogens is 2. The quantitative estimate of drug-likeness (QED) is 0.671. The molecule has 1 aromatic heterocycles. The lowest BCUT2D eigenvalue weighted by atomic mass is 10.1. The zero-order valence-electron chi connectivity index (χ0n) is 8.93. The molecule has 0 bridgehead atoms. The molecule has 0 atom stereocenters. The summed E-state index contributed by atoms with van der Waals surface area (Å²) in [6.07, 6.45) is 0. The normalized spacial score (nSPS) is 10.3. The summed E-state index contributed by atoms with van der Waals surface area (Å²) in [4.78, 5) is 10.8. The first kappa shape index (κ1) is 12.3. The van der Waals surface area contributed by atoms with E-state index in [0.29, 0.717) is 0 Å². The van der Waals surface area contributed by atoms with Crippen LogP contribution in [0.15, 0.2) is 36.4 Å². The van der Waals surface area contributed by atoms with Crippen molar-refractivity contribution in [2.24, 2.45) is 0 Å². The van der Waals surface area contributed by atoms with Gasteiger partial charge in [-0.25, -0.2) is 9.18 Å². The Bertz CT molecular complexity index is 631. The molecule has 0 aliphatic rings. The number of pyridine rings is 1.